The van der Waals surface area contributed by atoms with Crippen molar-refractivity contribution >= 4 is 16.7 Å². The predicted octanol–water partition coefficient (Wildman–Crippen LogP) is 2.49. The number of hydrogen-bond acceptors (Lipinski definition) is 3. The Labute approximate surface area is 103 Å². The van der Waals surface area contributed by atoms with E-state index in [0.717, 1.165) is 22.4 Å². The molecule has 0 atom stereocenters. The molecule has 0 amide bonds. The van der Waals surface area contributed by atoms with Crippen LogP contribution in [0.25, 0.3) is 11.0 Å². The van der Waals surface area contributed by atoms with Gasteiger partial charge in [0.15, 0.2) is 5.65 Å². The molecule has 1 N–H and O–H groups in total. The van der Waals surface area contributed by atoms with Crippen LogP contribution in [0.1, 0.15) is 18.5 Å². The van der Waals surface area contributed by atoms with Crippen molar-refractivity contribution in [2.75, 3.05) is 5.32 Å². The molecule has 1 aliphatic rings. The van der Waals surface area contributed by atoms with Crippen LogP contribution in [0.3, 0.4) is 0 Å². The number of pyridine rings is 1. The van der Waals surface area contributed by atoms with Gasteiger partial charge in [0.25, 0.3) is 5.92 Å². The first kappa shape index (κ1) is 11.4. The van der Waals surface area contributed by atoms with Crippen molar-refractivity contribution in [2.45, 2.75) is 31.7 Å². The third-order valence-corrected chi connectivity index (χ3v) is 3.28. The third-order valence-electron chi connectivity index (χ3n) is 3.28. The molecule has 4 nitrogen and oxygen atoms in total. The van der Waals surface area contributed by atoms with Gasteiger partial charge in [-0.05, 0) is 13.0 Å². The van der Waals surface area contributed by atoms with Crippen molar-refractivity contribution in [2.24, 2.45) is 7.05 Å². The van der Waals surface area contributed by atoms with Gasteiger partial charge in [0.1, 0.15) is 0 Å². The Balaban J connectivity index is 1.92. The van der Waals surface area contributed by atoms with Crippen LogP contribution in [-0.2, 0) is 7.05 Å². The molecular weight excluding hydrogens is 238 g/mol. The van der Waals surface area contributed by atoms with Crippen molar-refractivity contribution in [3.8, 4) is 0 Å². The first-order chi connectivity index (χ1) is 8.44. The average molecular weight is 252 g/mol. The first-order valence-electron chi connectivity index (χ1n) is 5.88. The van der Waals surface area contributed by atoms with E-state index in [4.69, 9.17) is 0 Å². The second kappa shape index (κ2) is 3.63. The monoisotopic (exact) mass is 252 g/mol. The molecule has 0 bridgehead atoms. The van der Waals surface area contributed by atoms with Crippen LogP contribution in [0.2, 0.25) is 0 Å². The van der Waals surface area contributed by atoms with Crippen LogP contribution in [0, 0.1) is 6.92 Å². The molecule has 3 rings (SSSR count). The summed E-state index contributed by atoms with van der Waals surface area (Å²) in [4.78, 5) is 4.39. The number of rotatable bonds is 2. The highest BCUT2D eigenvalue weighted by molar-refractivity contribution is 5.89. The lowest BCUT2D eigenvalue weighted by molar-refractivity contribution is -0.0793. The van der Waals surface area contributed by atoms with Crippen LogP contribution in [-0.4, -0.2) is 26.7 Å². The second-order valence-electron chi connectivity index (χ2n) is 4.92. The van der Waals surface area contributed by atoms with Gasteiger partial charge >= 0.3 is 0 Å². The lowest BCUT2D eigenvalue weighted by Gasteiger charge is -2.36. The van der Waals surface area contributed by atoms with E-state index < -0.39 is 5.92 Å². The van der Waals surface area contributed by atoms with Gasteiger partial charge in [0.2, 0.25) is 0 Å². The van der Waals surface area contributed by atoms with Gasteiger partial charge < -0.3 is 5.32 Å². The standard InChI is InChI=1S/C12H14F2N4/c1-7-3-10(17-8-4-12(13,14)5-8)9-6-15-18(2)11(9)16-7/h3,6,8H,4-5H2,1-2H3,(H,16,17). The molecule has 1 aliphatic carbocycles. The molecule has 1 saturated carbocycles. The molecule has 0 aromatic carbocycles. The van der Waals surface area contributed by atoms with Crippen molar-refractivity contribution in [3.63, 3.8) is 0 Å². The Hall–Kier alpha value is -1.72. The van der Waals surface area contributed by atoms with Gasteiger partial charge in [-0.15, -0.1) is 0 Å². The van der Waals surface area contributed by atoms with E-state index in [2.05, 4.69) is 15.4 Å². The predicted molar refractivity (Wildman–Crippen MR) is 64.8 cm³/mol. The molecule has 2 aromatic heterocycles. The Morgan fingerprint density at radius 1 is 1.44 bits per heavy atom. The van der Waals surface area contributed by atoms with Crippen LogP contribution in [0.15, 0.2) is 12.3 Å². The van der Waals surface area contributed by atoms with Crippen molar-refractivity contribution in [1.82, 2.24) is 14.8 Å². The Morgan fingerprint density at radius 3 is 2.83 bits per heavy atom. The fourth-order valence-corrected chi connectivity index (χ4v) is 2.34. The Bertz CT molecular complexity index is 597. The van der Waals surface area contributed by atoms with Crippen LogP contribution >= 0.6 is 0 Å². The van der Waals surface area contributed by atoms with E-state index in [-0.39, 0.29) is 18.9 Å². The number of aryl methyl sites for hydroxylation is 2. The smallest absolute Gasteiger partial charge is 0.252 e. The van der Waals surface area contributed by atoms with Gasteiger partial charge in [0, 0.05) is 37.3 Å². The van der Waals surface area contributed by atoms with Gasteiger partial charge in [-0.25, -0.2) is 13.8 Å². The zero-order chi connectivity index (χ0) is 12.9. The zero-order valence-corrected chi connectivity index (χ0v) is 10.2. The van der Waals surface area contributed by atoms with Crippen LogP contribution in [0.4, 0.5) is 14.5 Å². The average Bonchev–Trinajstić information content (AvgIpc) is 2.58. The van der Waals surface area contributed by atoms with Gasteiger partial charge in [-0.2, -0.15) is 5.10 Å². The lowest BCUT2D eigenvalue weighted by Crippen LogP contribution is -2.44. The summed E-state index contributed by atoms with van der Waals surface area (Å²) in [5, 5.41) is 8.17. The van der Waals surface area contributed by atoms with Gasteiger partial charge in [-0.3, -0.25) is 4.68 Å². The van der Waals surface area contributed by atoms with Crippen LogP contribution < -0.4 is 5.32 Å². The highest BCUT2D eigenvalue weighted by Gasteiger charge is 2.45. The van der Waals surface area contributed by atoms with Crippen molar-refractivity contribution < 1.29 is 8.78 Å². The van der Waals surface area contributed by atoms with E-state index in [1.54, 1.807) is 10.9 Å². The molecule has 2 aromatic rings. The summed E-state index contributed by atoms with van der Waals surface area (Å²) >= 11 is 0. The molecular formula is C12H14F2N4. The molecule has 0 radical (unpaired) electrons. The fraction of sp³-hybridized carbons (Fsp3) is 0.500. The van der Waals surface area contributed by atoms with Crippen molar-refractivity contribution in [1.29, 1.82) is 0 Å². The first-order valence-corrected chi connectivity index (χ1v) is 5.88. The number of hydrogen-bond donors (Lipinski definition) is 1. The maximum atomic E-state index is 12.8. The molecule has 0 spiro atoms. The lowest BCUT2D eigenvalue weighted by atomic mass is 9.88. The zero-order valence-electron chi connectivity index (χ0n) is 10.2. The Kier molecular flexibility index (Phi) is 2.30. The molecule has 18 heavy (non-hydrogen) atoms. The quantitative estimate of drug-likeness (QED) is 0.893. The molecule has 2 heterocycles. The van der Waals surface area contributed by atoms with E-state index >= 15 is 0 Å². The number of aromatic nitrogens is 3. The number of anilines is 1. The molecule has 0 aliphatic heterocycles. The molecule has 6 heteroatoms. The highest BCUT2D eigenvalue weighted by atomic mass is 19.3. The number of alkyl halides is 2. The number of fused-ring (bicyclic) bond motifs is 1. The second-order valence-corrected chi connectivity index (χ2v) is 4.92. The molecule has 1 fully saturated rings. The minimum atomic E-state index is -2.51. The molecule has 0 unspecified atom stereocenters. The van der Waals surface area contributed by atoms with E-state index in [0.29, 0.717) is 0 Å². The molecule has 0 saturated heterocycles. The summed E-state index contributed by atoms with van der Waals surface area (Å²) in [6.45, 7) is 1.88. The maximum absolute atomic E-state index is 12.8. The summed E-state index contributed by atoms with van der Waals surface area (Å²) in [6, 6.07) is 1.71. The van der Waals surface area contributed by atoms with E-state index in [1.807, 2.05) is 20.0 Å². The highest BCUT2D eigenvalue weighted by Crippen LogP contribution is 2.39. The summed E-state index contributed by atoms with van der Waals surface area (Å²) in [5.41, 5.74) is 2.45. The van der Waals surface area contributed by atoms with Gasteiger partial charge in [0.05, 0.1) is 11.6 Å². The third kappa shape index (κ3) is 1.81. The minimum absolute atomic E-state index is 0.101. The summed E-state index contributed by atoms with van der Waals surface area (Å²) < 4.78 is 27.3. The molecule has 96 valence electrons. The van der Waals surface area contributed by atoms with E-state index in [9.17, 15) is 8.78 Å². The minimum Gasteiger partial charge on any atom is -0.381 e. The van der Waals surface area contributed by atoms with Gasteiger partial charge in [-0.1, -0.05) is 0 Å². The van der Waals surface area contributed by atoms with E-state index in [1.165, 1.54) is 0 Å². The van der Waals surface area contributed by atoms with Crippen molar-refractivity contribution in [3.05, 3.63) is 18.0 Å². The fourth-order valence-electron chi connectivity index (χ4n) is 2.34. The summed E-state index contributed by atoms with van der Waals surface area (Å²) in [5.74, 6) is -2.51. The number of halogens is 2. The number of nitrogens with one attached hydrogen (secondary N) is 1. The largest absolute Gasteiger partial charge is 0.381 e. The topological polar surface area (TPSA) is 42.7 Å². The maximum Gasteiger partial charge on any atom is 0.252 e. The normalized spacial score (nSPS) is 18.9. The summed E-state index contributed by atoms with van der Waals surface area (Å²) in [7, 11) is 1.82. The Morgan fingerprint density at radius 2 is 2.17 bits per heavy atom. The summed E-state index contributed by atoms with van der Waals surface area (Å²) in [6.07, 6.45) is 1.51. The number of nitrogens with zero attached hydrogens (tertiary/aromatic N) is 3. The SMILES string of the molecule is Cc1cc(NC2CC(F)(F)C2)c2cnn(C)c2n1. The van der Waals surface area contributed by atoms with Crippen LogP contribution in [0.5, 0.6) is 0 Å².